The highest BCUT2D eigenvalue weighted by Gasteiger charge is 2.32. The monoisotopic (exact) mass is 259 g/mol. The number of halogens is 1. The molecule has 1 unspecified atom stereocenters. The van der Waals surface area contributed by atoms with Crippen LogP contribution >= 0.6 is 27.3 Å². The second kappa shape index (κ2) is 3.71. The molecular weight excluding hydrogens is 246 g/mol. The van der Waals surface area contributed by atoms with Crippen LogP contribution in [0.25, 0.3) is 0 Å². The summed E-state index contributed by atoms with van der Waals surface area (Å²) in [6.07, 6.45) is 2.78. The number of aryl methyl sites for hydroxylation is 1. The molecule has 1 aliphatic rings. The fourth-order valence-electron chi connectivity index (χ4n) is 1.68. The number of hydrogen-bond acceptors (Lipinski definition) is 2. The topological polar surface area (TPSA) is 12.0 Å². The number of thiophene rings is 1. The number of rotatable bonds is 3. The smallest absolute Gasteiger partial charge is 0.0731 e. The molecule has 2 rings (SSSR count). The second-order valence-corrected chi connectivity index (χ2v) is 6.11. The Hall–Kier alpha value is 0.140. The summed E-state index contributed by atoms with van der Waals surface area (Å²) in [7, 11) is 2.06. The first-order chi connectivity index (χ1) is 6.22. The Morgan fingerprint density at radius 1 is 1.62 bits per heavy atom. The van der Waals surface area contributed by atoms with Crippen LogP contribution in [0, 0.1) is 12.8 Å². The maximum atomic E-state index is 3.57. The van der Waals surface area contributed by atoms with Crippen LogP contribution in [0.4, 0.5) is 0 Å². The first-order valence-corrected chi connectivity index (χ1v) is 6.26. The molecule has 1 atom stereocenters. The van der Waals surface area contributed by atoms with Crippen molar-refractivity contribution >= 4 is 27.3 Å². The van der Waals surface area contributed by atoms with Crippen molar-refractivity contribution in [3.05, 3.63) is 20.3 Å². The summed E-state index contributed by atoms with van der Waals surface area (Å²) in [6.45, 7) is 2.16. The summed E-state index contributed by atoms with van der Waals surface area (Å²) in [5.41, 5.74) is 1.36. The summed E-state index contributed by atoms with van der Waals surface area (Å²) in [5, 5.41) is 3.41. The fourth-order valence-corrected chi connectivity index (χ4v) is 3.45. The van der Waals surface area contributed by atoms with E-state index in [2.05, 4.69) is 41.3 Å². The molecule has 0 bridgehead atoms. The van der Waals surface area contributed by atoms with Crippen LogP contribution in [-0.4, -0.2) is 7.05 Å². The lowest BCUT2D eigenvalue weighted by Gasteiger charge is -2.12. The van der Waals surface area contributed by atoms with Gasteiger partial charge in [0, 0.05) is 10.9 Å². The van der Waals surface area contributed by atoms with E-state index in [1.54, 1.807) is 0 Å². The van der Waals surface area contributed by atoms with Gasteiger partial charge >= 0.3 is 0 Å². The third kappa shape index (κ3) is 1.97. The van der Waals surface area contributed by atoms with Gasteiger partial charge in [-0.25, -0.2) is 0 Å². The highest BCUT2D eigenvalue weighted by atomic mass is 79.9. The molecule has 0 amide bonds. The van der Waals surface area contributed by atoms with Crippen LogP contribution in [0.5, 0.6) is 0 Å². The SMILES string of the molecule is CNC(c1cc(C)c(Br)s1)C1CC1. The molecule has 1 heterocycles. The molecule has 0 aliphatic heterocycles. The van der Waals surface area contributed by atoms with Crippen molar-refractivity contribution in [2.24, 2.45) is 5.92 Å². The summed E-state index contributed by atoms with van der Waals surface area (Å²) in [4.78, 5) is 1.48. The molecule has 13 heavy (non-hydrogen) atoms. The van der Waals surface area contributed by atoms with E-state index in [0.717, 1.165) is 5.92 Å². The van der Waals surface area contributed by atoms with Gasteiger partial charge in [-0.3, -0.25) is 0 Å². The Labute approximate surface area is 91.7 Å². The predicted octanol–water partition coefficient (Wildman–Crippen LogP) is 3.49. The molecular formula is C10H14BrNS. The van der Waals surface area contributed by atoms with Gasteiger partial charge in [-0.15, -0.1) is 11.3 Å². The van der Waals surface area contributed by atoms with Crippen LogP contribution in [0.3, 0.4) is 0 Å². The maximum absolute atomic E-state index is 3.57. The molecule has 1 nitrogen and oxygen atoms in total. The minimum atomic E-state index is 0.593. The van der Waals surface area contributed by atoms with Crippen LogP contribution in [0.15, 0.2) is 9.85 Å². The Morgan fingerprint density at radius 3 is 2.69 bits per heavy atom. The molecule has 0 spiro atoms. The predicted molar refractivity (Wildman–Crippen MR) is 61.3 cm³/mol. The third-order valence-electron chi connectivity index (χ3n) is 2.59. The summed E-state index contributed by atoms with van der Waals surface area (Å²) in [6, 6.07) is 2.89. The van der Waals surface area contributed by atoms with E-state index in [4.69, 9.17) is 0 Å². The lowest BCUT2D eigenvalue weighted by molar-refractivity contribution is 0.537. The van der Waals surface area contributed by atoms with Crippen molar-refractivity contribution in [3.63, 3.8) is 0 Å². The van der Waals surface area contributed by atoms with Gasteiger partial charge in [0.05, 0.1) is 3.79 Å². The third-order valence-corrected chi connectivity index (χ3v) is 4.81. The highest BCUT2D eigenvalue weighted by molar-refractivity contribution is 9.11. The molecule has 1 fully saturated rings. The van der Waals surface area contributed by atoms with Crippen LogP contribution in [0.2, 0.25) is 0 Å². The zero-order valence-corrected chi connectivity index (χ0v) is 10.3. The molecule has 1 aromatic heterocycles. The van der Waals surface area contributed by atoms with Crippen molar-refractivity contribution in [1.82, 2.24) is 5.32 Å². The van der Waals surface area contributed by atoms with E-state index in [-0.39, 0.29) is 0 Å². The average molecular weight is 260 g/mol. The first-order valence-electron chi connectivity index (χ1n) is 4.65. The molecule has 1 aromatic rings. The van der Waals surface area contributed by atoms with Crippen molar-refractivity contribution in [2.75, 3.05) is 7.05 Å². The summed E-state index contributed by atoms with van der Waals surface area (Å²) < 4.78 is 1.28. The van der Waals surface area contributed by atoms with Gasteiger partial charge in [-0.2, -0.15) is 0 Å². The Morgan fingerprint density at radius 2 is 2.31 bits per heavy atom. The van der Waals surface area contributed by atoms with E-state index in [0.29, 0.717) is 6.04 Å². The summed E-state index contributed by atoms with van der Waals surface area (Å²) in [5.74, 6) is 0.884. The van der Waals surface area contributed by atoms with E-state index in [1.165, 1.54) is 27.1 Å². The largest absolute Gasteiger partial charge is 0.312 e. The molecule has 0 saturated heterocycles. The average Bonchev–Trinajstić information content (AvgIpc) is 2.84. The number of hydrogen-bond donors (Lipinski definition) is 1. The normalized spacial score (nSPS) is 19.0. The highest BCUT2D eigenvalue weighted by Crippen LogP contribution is 2.44. The van der Waals surface area contributed by atoms with Gasteiger partial charge in [0.25, 0.3) is 0 Å². The quantitative estimate of drug-likeness (QED) is 0.877. The first kappa shape index (κ1) is 9.69. The zero-order chi connectivity index (χ0) is 9.42. The minimum Gasteiger partial charge on any atom is -0.312 e. The lowest BCUT2D eigenvalue weighted by Crippen LogP contribution is -2.16. The fraction of sp³-hybridized carbons (Fsp3) is 0.600. The Balaban J connectivity index is 2.21. The minimum absolute atomic E-state index is 0.593. The van der Waals surface area contributed by atoms with Gasteiger partial charge in [0.2, 0.25) is 0 Å². The van der Waals surface area contributed by atoms with Crippen molar-refractivity contribution in [3.8, 4) is 0 Å². The van der Waals surface area contributed by atoms with Gasteiger partial charge in [0.15, 0.2) is 0 Å². The molecule has 3 heteroatoms. The van der Waals surface area contributed by atoms with Gasteiger partial charge in [-0.1, -0.05) is 0 Å². The van der Waals surface area contributed by atoms with E-state index >= 15 is 0 Å². The Kier molecular flexibility index (Phi) is 2.77. The van der Waals surface area contributed by atoms with Gasteiger partial charge in [0.1, 0.15) is 0 Å². The second-order valence-electron chi connectivity index (χ2n) is 3.71. The maximum Gasteiger partial charge on any atom is 0.0731 e. The van der Waals surface area contributed by atoms with E-state index in [9.17, 15) is 0 Å². The van der Waals surface area contributed by atoms with Crippen molar-refractivity contribution in [1.29, 1.82) is 0 Å². The Bertz CT molecular complexity index is 284. The van der Waals surface area contributed by atoms with Gasteiger partial charge in [-0.05, 0) is 60.3 Å². The van der Waals surface area contributed by atoms with Crippen molar-refractivity contribution < 1.29 is 0 Å². The number of nitrogens with one attached hydrogen (secondary N) is 1. The standard InChI is InChI=1S/C10H14BrNS/c1-6-5-8(13-10(6)11)9(12-2)7-3-4-7/h5,7,9,12H,3-4H2,1-2H3. The molecule has 72 valence electrons. The molecule has 1 saturated carbocycles. The molecule has 0 aromatic carbocycles. The molecule has 1 N–H and O–H groups in total. The molecule has 0 radical (unpaired) electrons. The van der Waals surface area contributed by atoms with E-state index in [1.807, 2.05) is 11.3 Å². The van der Waals surface area contributed by atoms with Crippen molar-refractivity contribution in [2.45, 2.75) is 25.8 Å². The molecule has 1 aliphatic carbocycles. The van der Waals surface area contributed by atoms with Crippen LogP contribution < -0.4 is 5.32 Å². The van der Waals surface area contributed by atoms with Gasteiger partial charge < -0.3 is 5.32 Å². The summed E-state index contributed by atoms with van der Waals surface area (Å²) >= 11 is 5.44. The zero-order valence-electron chi connectivity index (χ0n) is 7.93. The lowest BCUT2D eigenvalue weighted by atomic mass is 10.1. The van der Waals surface area contributed by atoms with E-state index < -0.39 is 0 Å². The van der Waals surface area contributed by atoms with Crippen LogP contribution in [-0.2, 0) is 0 Å². The van der Waals surface area contributed by atoms with Crippen LogP contribution in [0.1, 0.15) is 29.3 Å².